The molecule has 0 bridgehead atoms. The summed E-state index contributed by atoms with van der Waals surface area (Å²) < 4.78 is 0. The van der Waals surface area contributed by atoms with Gasteiger partial charge < -0.3 is 21.4 Å². The lowest BCUT2D eigenvalue weighted by molar-refractivity contribution is 0.0996. The molecule has 24 heavy (non-hydrogen) atoms. The van der Waals surface area contributed by atoms with Crippen LogP contribution < -0.4 is 17.2 Å². The minimum Gasteiger partial charge on any atom is -0.396 e. The molecular formula is C16H12N6O2. The topological polar surface area (TPSA) is 144 Å². The molecule has 4 rings (SSSR count). The zero-order chi connectivity index (χ0) is 16.8. The number of primary amides is 1. The van der Waals surface area contributed by atoms with Crippen molar-refractivity contribution in [2.45, 2.75) is 0 Å². The highest BCUT2D eigenvalue weighted by Gasteiger charge is 2.15. The predicted molar refractivity (Wildman–Crippen MR) is 90.4 cm³/mol. The van der Waals surface area contributed by atoms with Gasteiger partial charge in [0.05, 0.1) is 16.7 Å². The van der Waals surface area contributed by atoms with Crippen molar-refractivity contribution >= 4 is 33.5 Å². The van der Waals surface area contributed by atoms with Gasteiger partial charge >= 0.3 is 5.69 Å². The number of hydrogen-bond acceptors (Lipinski definition) is 5. The van der Waals surface area contributed by atoms with Crippen LogP contribution in [0.1, 0.15) is 10.5 Å². The molecule has 0 radical (unpaired) electrons. The van der Waals surface area contributed by atoms with Crippen LogP contribution in [0, 0.1) is 0 Å². The maximum atomic E-state index is 11.4. The Bertz CT molecular complexity index is 1170. The first-order valence-corrected chi connectivity index (χ1v) is 7.11. The molecule has 0 saturated carbocycles. The standard InChI is InChI=1S/C16H12N6O2/c17-12-9-3-1-2-8(13(9)21-22-14(12)15(18)23)7-4-5-10-11(6-7)20-16(24)19-10/h1-6H,(H2,17,21)(H2,18,23)(H2,19,20,24). The molecule has 1 amide bonds. The van der Waals surface area contributed by atoms with E-state index in [-0.39, 0.29) is 17.1 Å². The van der Waals surface area contributed by atoms with Gasteiger partial charge in [0.1, 0.15) is 5.52 Å². The van der Waals surface area contributed by atoms with E-state index in [4.69, 9.17) is 11.5 Å². The number of aromatic nitrogens is 4. The number of hydrogen-bond donors (Lipinski definition) is 4. The number of anilines is 1. The molecule has 8 nitrogen and oxygen atoms in total. The van der Waals surface area contributed by atoms with Gasteiger partial charge in [-0.3, -0.25) is 4.79 Å². The molecule has 0 aliphatic rings. The van der Waals surface area contributed by atoms with Gasteiger partial charge in [-0.05, 0) is 17.7 Å². The number of amides is 1. The van der Waals surface area contributed by atoms with E-state index in [0.29, 0.717) is 21.9 Å². The first-order valence-electron chi connectivity index (χ1n) is 7.11. The van der Waals surface area contributed by atoms with Crippen molar-refractivity contribution in [2.24, 2.45) is 5.73 Å². The summed E-state index contributed by atoms with van der Waals surface area (Å²) in [5.74, 6) is -0.723. The molecule has 8 heteroatoms. The monoisotopic (exact) mass is 320 g/mol. The molecule has 118 valence electrons. The van der Waals surface area contributed by atoms with Crippen LogP contribution in [0.2, 0.25) is 0 Å². The molecule has 0 spiro atoms. The van der Waals surface area contributed by atoms with Gasteiger partial charge in [0.15, 0.2) is 5.69 Å². The lowest BCUT2D eigenvalue weighted by Gasteiger charge is -2.09. The zero-order valence-corrected chi connectivity index (χ0v) is 12.3. The van der Waals surface area contributed by atoms with Crippen molar-refractivity contribution in [1.82, 2.24) is 20.2 Å². The Morgan fingerprint density at radius 1 is 1.04 bits per heavy atom. The summed E-state index contributed by atoms with van der Waals surface area (Å²) >= 11 is 0. The SMILES string of the molecule is NC(=O)c1nnc2c(-c3ccc4[nH]c(=O)[nH]c4c3)cccc2c1N. The number of carbonyl (C=O) groups excluding carboxylic acids is 1. The third kappa shape index (κ3) is 2.01. The van der Waals surface area contributed by atoms with Crippen LogP contribution in [0.4, 0.5) is 5.69 Å². The number of H-pyrrole nitrogens is 2. The molecule has 4 aromatic rings. The number of rotatable bonds is 2. The Morgan fingerprint density at radius 3 is 2.62 bits per heavy atom. The summed E-state index contributed by atoms with van der Waals surface area (Å²) in [5, 5.41) is 8.56. The molecule has 2 heterocycles. The highest BCUT2D eigenvalue weighted by molar-refractivity contribution is 6.07. The van der Waals surface area contributed by atoms with Gasteiger partial charge in [0.25, 0.3) is 5.91 Å². The summed E-state index contributed by atoms with van der Waals surface area (Å²) in [6.07, 6.45) is 0. The molecule has 0 aliphatic carbocycles. The largest absolute Gasteiger partial charge is 0.396 e. The van der Waals surface area contributed by atoms with Crippen molar-refractivity contribution in [3.63, 3.8) is 0 Å². The number of aromatic amines is 2. The first-order chi connectivity index (χ1) is 11.5. The number of nitrogens with one attached hydrogen (secondary N) is 2. The summed E-state index contributed by atoms with van der Waals surface area (Å²) in [7, 11) is 0. The molecule has 0 atom stereocenters. The Hall–Kier alpha value is -3.68. The van der Waals surface area contributed by atoms with Crippen molar-refractivity contribution in [2.75, 3.05) is 5.73 Å². The van der Waals surface area contributed by atoms with Crippen LogP contribution in [-0.4, -0.2) is 26.1 Å². The lowest BCUT2D eigenvalue weighted by atomic mass is 10.0. The Kier molecular flexibility index (Phi) is 2.86. The van der Waals surface area contributed by atoms with E-state index in [9.17, 15) is 9.59 Å². The Morgan fingerprint density at radius 2 is 1.83 bits per heavy atom. The molecule has 0 saturated heterocycles. The van der Waals surface area contributed by atoms with Gasteiger partial charge in [-0.15, -0.1) is 10.2 Å². The van der Waals surface area contributed by atoms with Crippen molar-refractivity contribution in [3.05, 3.63) is 52.6 Å². The lowest BCUT2D eigenvalue weighted by Crippen LogP contribution is -2.16. The van der Waals surface area contributed by atoms with Crippen LogP contribution >= 0.6 is 0 Å². The summed E-state index contributed by atoms with van der Waals surface area (Å²) in [4.78, 5) is 28.2. The van der Waals surface area contributed by atoms with E-state index >= 15 is 0 Å². The summed E-state index contributed by atoms with van der Waals surface area (Å²) in [6.45, 7) is 0. The number of nitrogens with zero attached hydrogens (tertiary/aromatic N) is 2. The third-order valence-corrected chi connectivity index (χ3v) is 3.89. The van der Waals surface area contributed by atoms with Crippen molar-refractivity contribution in [3.8, 4) is 11.1 Å². The molecule has 2 aromatic heterocycles. The second kappa shape index (κ2) is 4.92. The van der Waals surface area contributed by atoms with Crippen LogP contribution in [0.25, 0.3) is 33.1 Å². The summed E-state index contributed by atoms with van der Waals surface area (Å²) in [6, 6.07) is 10.9. The molecule has 0 unspecified atom stereocenters. The second-order valence-electron chi connectivity index (χ2n) is 5.37. The van der Waals surface area contributed by atoms with Crippen LogP contribution in [0.15, 0.2) is 41.2 Å². The molecule has 2 aromatic carbocycles. The fraction of sp³-hybridized carbons (Fsp3) is 0. The van der Waals surface area contributed by atoms with E-state index in [1.54, 1.807) is 12.1 Å². The van der Waals surface area contributed by atoms with Gasteiger partial charge in [-0.1, -0.05) is 24.3 Å². The number of nitrogens with two attached hydrogens (primary N) is 2. The van der Waals surface area contributed by atoms with Crippen molar-refractivity contribution < 1.29 is 4.79 Å². The number of imidazole rings is 1. The van der Waals surface area contributed by atoms with E-state index < -0.39 is 5.91 Å². The minimum absolute atomic E-state index is 0.0509. The molecule has 6 N–H and O–H groups in total. The number of benzene rings is 2. The average Bonchev–Trinajstić information content (AvgIpc) is 2.93. The fourth-order valence-corrected chi connectivity index (χ4v) is 2.77. The van der Waals surface area contributed by atoms with Crippen LogP contribution in [0.3, 0.4) is 0 Å². The van der Waals surface area contributed by atoms with Gasteiger partial charge in [0, 0.05) is 10.9 Å². The minimum atomic E-state index is -0.723. The van der Waals surface area contributed by atoms with Crippen molar-refractivity contribution in [1.29, 1.82) is 0 Å². The highest BCUT2D eigenvalue weighted by atomic mass is 16.1. The van der Waals surface area contributed by atoms with E-state index in [1.165, 1.54) is 0 Å². The fourth-order valence-electron chi connectivity index (χ4n) is 2.77. The van der Waals surface area contributed by atoms with E-state index in [2.05, 4.69) is 20.2 Å². The molecule has 0 fully saturated rings. The van der Waals surface area contributed by atoms with E-state index in [1.807, 2.05) is 24.3 Å². The van der Waals surface area contributed by atoms with Gasteiger partial charge in [-0.25, -0.2) is 4.79 Å². The number of nitrogen functional groups attached to an aromatic ring is 1. The normalized spacial score (nSPS) is 11.2. The van der Waals surface area contributed by atoms with Crippen LogP contribution in [0.5, 0.6) is 0 Å². The second-order valence-corrected chi connectivity index (χ2v) is 5.37. The maximum Gasteiger partial charge on any atom is 0.323 e. The third-order valence-electron chi connectivity index (χ3n) is 3.89. The van der Waals surface area contributed by atoms with Gasteiger partial charge in [0.2, 0.25) is 0 Å². The zero-order valence-electron chi connectivity index (χ0n) is 12.3. The van der Waals surface area contributed by atoms with Gasteiger partial charge in [-0.2, -0.15) is 0 Å². The molecular weight excluding hydrogens is 308 g/mol. The number of fused-ring (bicyclic) bond motifs is 2. The molecule has 0 aliphatic heterocycles. The Labute approximate surface area is 134 Å². The van der Waals surface area contributed by atoms with Crippen LogP contribution in [-0.2, 0) is 0 Å². The van der Waals surface area contributed by atoms with E-state index in [0.717, 1.165) is 11.1 Å². The quantitative estimate of drug-likeness (QED) is 0.438. The smallest absolute Gasteiger partial charge is 0.323 e. The Balaban J connectivity index is 2.00. The first kappa shape index (κ1) is 13.9. The number of carbonyl (C=O) groups is 1. The maximum absolute atomic E-state index is 11.4. The highest BCUT2D eigenvalue weighted by Crippen LogP contribution is 2.31. The summed E-state index contributed by atoms with van der Waals surface area (Å²) in [5.41, 5.74) is 14.7. The average molecular weight is 320 g/mol. The predicted octanol–water partition coefficient (Wildman–Crippen LogP) is 1.15.